The van der Waals surface area contributed by atoms with E-state index >= 15 is 0 Å². The number of rotatable bonds is 4. The molecule has 0 spiro atoms. The number of nitrogens with one attached hydrogen (secondary N) is 1. The molecule has 1 aliphatic carbocycles. The summed E-state index contributed by atoms with van der Waals surface area (Å²) in [5.41, 5.74) is 4.56. The molecule has 5 heteroatoms. The van der Waals surface area contributed by atoms with E-state index in [1.165, 1.54) is 0 Å². The van der Waals surface area contributed by atoms with E-state index in [4.69, 9.17) is 4.74 Å². The molecule has 0 amide bonds. The van der Waals surface area contributed by atoms with Crippen LogP contribution in [0.15, 0.2) is 77.3 Å². The van der Waals surface area contributed by atoms with Crippen LogP contribution >= 0.6 is 0 Å². The molecule has 29 heavy (non-hydrogen) atoms. The Bertz CT molecular complexity index is 993. The molecule has 4 rings (SSSR count). The van der Waals surface area contributed by atoms with Crippen LogP contribution in [-0.2, 0) is 14.3 Å². The van der Waals surface area contributed by atoms with Crippen molar-refractivity contribution in [3.63, 3.8) is 0 Å². The summed E-state index contributed by atoms with van der Waals surface area (Å²) >= 11 is 0. The van der Waals surface area contributed by atoms with Gasteiger partial charge in [0, 0.05) is 29.6 Å². The highest BCUT2D eigenvalue weighted by Crippen LogP contribution is 2.45. The van der Waals surface area contributed by atoms with Gasteiger partial charge >= 0.3 is 5.97 Å². The van der Waals surface area contributed by atoms with E-state index in [0.29, 0.717) is 23.3 Å². The van der Waals surface area contributed by atoms with Gasteiger partial charge in [0.1, 0.15) is 0 Å². The Morgan fingerprint density at radius 3 is 2.59 bits per heavy atom. The molecule has 0 saturated carbocycles. The van der Waals surface area contributed by atoms with Gasteiger partial charge in [0.2, 0.25) is 0 Å². The molecule has 2 aromatic rings. The number of Topliss-reactive ketones (excluding diaryl/α,β-unsaturated/α-hetero) is 1. The van der Waals surface area contributed by atoms with Crippen molar-refractivity contribution in [2.24, 2.45) is 0 Å². The van der Waals surface area contributed by atoms with Crippen molar-refractivity contribution in [3.05, 3.63) is 88.5 Å². The Balaban J connectivity index is 1.79. The maximum Gasteiger partial charge on any atom is 0.336 e. The van der Waals surface area contributed by atoms with E-state index in [1.807, 2.05) is 43.3 Å². The number of dihydropyridines is 1. The lowest BCUT2D eigenvalue weighted by atomic mass is 9.73. The third-order valence-electron chi connectivity index (χ3n) is 5.58. The molecule has 0 unspecified atom stereocenters. The summed E-state index contributed by atoms with van der Waals surface area (Å²) in [4.78, 5) is 30.6. The van der Waals surface area contributed by atoms with E-state index in [2.05, 4.69) is 22.4 Å². The van der Waals surface area contributed by atoms with E-state index in [9.17, 15) is 9.59 Å². The third kappa shape index (κ3) is 3.60. The molecule has 2 atom stereocenters. The Labute approximate surface area is 170 Å². The lowest BCUT2D eigenvalue weighted by Gasteiger charge is -2.36. The summed E-state index contributed by atoms with van der Waals surface area (Å²) in [7, 11) is 0. The predicted octanol–water partition coefficient (Wildman–Crippen LogP) is 4.01. The summed E-state index contributed by atoms with van der Waals surface area (Å²) in [6.07, 6.45) is 2.83. The number of pyridine rings is 1. The highest BCUT2D eigenvalue weighted by atomic mass is 16.5. The van der Waals surface area contributed by atoms with E-state index in [1.54, 1.807) is 13.1 Å². The van der Waals surface area contributed by atoms with Gasteiger partial charge in [-0.05, 0) is 43.9 Å². The van der Waals surface area contributed by atoms with Crippen LogP contribution in [-0.4, -0.2) is 23.3 Å². The SMILES string of the molecule is CCOC(=O)C1=C(C)NC2=C(C(=O)C[C@H](c3ccccc3)C2)[C@H]1c1ccccn1. The van der Waals surface area contributed by atoms with Crippen LogP contribution in [0.2, 0.25) is 0 Å². The zero-order chi connectivity index (χ0) is 20.4. The second-order valence-corrected chi connectivity index (χ2v) is 7.40. The summed E-state index contributed by atoms with van der Waals surface area (Å²) in [6.45, 7) is 3.92. The summed E-state index contributed by atoms with van der Waals surface area (Å²) in [5.74, 6) is -0.734. The number of hydrogen-bond donors (Lipinski definition) is 1. The van der Waals surface area contributed by atoms with Crippen LogP contribution in [0, 0.1) is 0 Å². The molecule has 1 N–H and O–H groups in total. The second-order valence-electron chi connectivity index (χ2n) is 7.40. The maximum atomic E-state index is 13.3. The van der Waals surface area contributed by atoms with Crippen LogP contribution in [0.1, 0.15) is 49.8 Å². The van der Waals surface area contributed by atoms with Crippen LogP contribution in [0.5, 0.6) is 0 Å². The lowest BCUT2D eigenvalue weighted by Crippen LogP contribution is -2.36. The zero-order valence-corrected chi connectivity index (χ0v) is 16.6. The fraction of sp³-hybridized carbons (Fsp3) is 0.292. The second kappa shape index (κ2) is 8.03. The number of ketones is 1. The van der Waals surface area contributed by atoms with Crippen molar-refractivity contribution in [3.8, 4) is 0 Å². The molecular weight excluding hydrogens is 364 g/mol. The van der Waals surface area contributed by atoms with Crippen molar-refractivity contribution in [2.75, 3.05) is 6.61 Å². The molecule has 1 aliphatic heterocycles. The first-order valence-corrected chi connectivity index (χ1v) is 9.97. The monoisotopic (exact) mass is 388 g/mol. The quantitative estimate of drug-likeness (QED) is 0.802. The van der Waals surface area contributed by atoms with Gasteiger partial charge in [0.25, 0.3) is 0 Å². The number of ether oxygens (including phenoxy) is 1. The van der Waals surface area contributed by atoms with Gasteiger partial charge in [-0.1, -0.05) is 36.4 Å². The third-order valence-corrected chi connectivity index (χ3v) is 5.58. The fourth-order valence-corrected chi connectivity index (χ4v) is 4.32. The number of carbonyl (C=O) groups excluding carboxylic acids is 2. The van der Waals surface area contributed by atoms with E-state index in [0.717, 1.165) is 23.4 Å². The number of hydrogen-bond acceptors (Lipinski definition) is 5. The maximum absolute atomic E-state index is 13.3. The first-order valence-electron chi connectivity index (χ1n) is 9.97. The van der Waals surface area contributed by atoms with Gasteiger partial charge in [-0.2, -0.15) is 0 Å². The summed E-state index contributed by atoms with van der Waals surface area (Å²) < 4.78 is 5.31. The predicted molar refractivity (Wildman–Crippen MR) is 110 cm³/mol. The Morgan fingerprint density at radius 2 is 1.90 bits per heavy atom. The average molecular weight is 388 g/mol. The van der Waals surface area contributed by atoms with Crippen LogP contribution in [0.4, 0.5) is 0 Å². The topological polar surface area (TPSA) is 68.3 Å². The molecule has 0 saturated heterocycles. The minimum Gasteiger partial charge on any atom is -0.463 e. The fourth-order valence-electron chi connectivity index (χ4n) is 4.32. The smallest absolute Gasteiger partial charge is 0.336 e. The molecule has 1 aromatic carbocycles. The normalized spacial score (nSPS) is 21.5. The van der Waals surface area contributed by atoms with Gasteiger partial charge in [0.15, 0.2) is 5.78 Å². The van der Waals surface area contributed by atoms with Gasteiger partial charge in [-0.15, -0.1) is 0 Å². The van der Waals surface area contributed by atoms with Crippen LogP contribution in [0.25, 0.3) is 0 Å². The highest BCUT2D eigenvalue weighted by Gasteiger charge is 2.41. The molecule has 0 fully saturated rings. The number of carbonyl (C=O) groups is 2. The first-order chi connectivity index (χ1) is 14.1. The average Bonchev–Trinajstić information content (AvgIpc) is 2.74. The number of benzene rings is 1. The molecule has 2 heterocycles. The van der Waals surface area contributed by atoms with Gasteiger partial charge < -0.3 is 10.1 Å². The molecule has 1 aromatic heterocycles. The molecule has 0 radical (unpaired) electrons. The molecule has 2 aliphatic rings. The number of aromatic nitrogens is 1. The molecule has 0 bridgehead atoms. The first kappa shape index (κ1) is 19.1. The van der Waals surface area contributed by atoms with Crippen molar-refractivity contribution in [2.45, 2.75) is 38.5 Å². The van der Waals surface area contributed by atoms with Crippen molar-refractivity contribution in [1.29, 1.82) is 0 Å². The Kier molecular flexibility index (Phi) is 5.30. The van der Waals surface area contributed by atoms with E-state index in [-0.39, 0.29) is 18.3 Å². The van der Waals surface area contributed by atoms with E-state index < -0.39 is 11.9 Å². The van der Waals surface area contributed by atoms with Gasteiger partial charge in [-0.3, -0.25) is 9.78 Å². The molecule has 148 valence electrons. The summed E-state index contributed by atoms with van der Waals surface area (Å²) in [5, 5.41) is 3.35. The standard InChI is InChI=1S/C24H24N2O3/c1-3-29-24(28)21-15(2)26-19-13-17(16-9-5-4-6-10-16)14-20(27)22(19)23(21)18-11-7-8-12-25-18/h4-12,17,23,26H,3,13-14H2,1-2H3/t17-,23+/m1/s1. The highest BCUT2D eigenvalue weighted by molar-refractivity contribution is 6.04. The van der Waals surface area contributed by atoms with Crippen LogP contribution < -0.4 is 5.32 Å². The minimum atomic E-state index is -0.504. The van der Waals surface area contributed by atoms with Crippen molar-refractivity contribution >= 4 is 11.8 Å². The number of esters is 1. The van der Waals surface area contributed by atoms with Gasteiger partial charge in [0.05, 0.1) is 23.8 Å². The zero-order valence-electron chi connectivity index (χ0n) is 16.6. The molecule has 5 nitrogen and oxygen atoms in total. The van der Waals surface area contributed by atoms with Gasteiger partial charge in [-0.25, -0.2) is 4.79 Å². The Hall–Kier alpha value is -3.21. The summed E-state index contributed by atoms with van der Waals surface area (Å²) in [6, 6.07) is 15.7. The number of allylic oxidation sites excluding steroid dienone is 3. The molecular formula is C24H24N2O3. The largest absolute Gasteiger partial charge is 0.463 e. The minimum absolute atomic E-state index is 0.0533. The van der Waals surface area contributed by atoms with Crippen molar-refractivity contribution in [1.82, 2.24) is 10.3 Å². The lowest BCUT2D eigenvalue weighted by molar-refractivity contribution is -0.138. The Morgan fingerprint density at radius 1 is 1.14 bits per heavy atom. The van der Waals surface area contributed by atoms with Crippen LogP contribution in [0.3, 0.4) is 0 Å². The number of nitrogens with zero attached hydrogens (tertiary/aromatic N) is 1. The van der Waals surface area contributed by atoms with Crippen molar-refractivity contribution < 1.29 is 14.3 Å².